The van der Waals surface area contributed by atoms with Gasteiger partial charge in [-0.3, -0.25) is 0 Å². The summed E-state index contributed by atoms with van der Waals surface area (Å²) in [6.45, 7) is 0. The Bertz CT molecular complexity index is 877. The van der Waals surface area contributed by atoms with Crippen molar-refractivity contribution in [2.45, 2.75) is 0 Å². The Balaban J connectivity index is 0.000000219. The fourth-order valence-corrected chi connectivity index (χ4v) is 1.93. The molecule has 0 bridgehead atoms. The maximum Gasteiger partial charge on any atom is 0.214 e. The third-order valence-corrected chi connectivity index (χ3v) is 2.98. The largest absolute Gasteiger partial charge is 0.220 e. The van der Waals surface area contributed by atoms with Crippen molar-refractivity contribution >= 4 is 11.6 Å². The van der Waals surface area contributed by atoms with Gasteiger partial charge in [-0.15, -0.1) is 0 Å². The molecule has 0 fully saturated rings. The smallest absolute Gasteiger partial charge is 0.214 e. The third-order valence-electron chi connectivity index (χ3n) is 2.77. The van der Waals surface area contributed by atoms with Gasteiger partial charge in [-0.25, -0.2) is 14.4 Å². The molecule has 0 saturated carbocycles. The summed E-state index contributed by atoms with van der Waals surface area (Å²) in [6.07, 6.45) is 0. The molecule has 2 aromatic heterocycles. The summed E-state index contributed by atoms with van der Waals surface area (Å²) in [5, 5.41) is 9.02. The zero-order chi connectivity index (χ0) is 17.5. The van der Waals surface area contributed by atoms with Crippen LogP contribution in [-0.2, 0) is 0 Å². The van der Waals surface area contributed by atoms with E-state index in [1.54, 1.807) is 6.07 Å². The summed E-state index contributed by atoms with van der Waals surface area (Å²) in [7, 11) is 0. The Morgan fingerprint density at radius 2 is 1.54 bits per heavy atom. The van der Waals surface area contributed by atoms with Gasteiger partial charge in [-0.05, 0) is 42.5 Å². The molecule has 7 heteroatoms. The monoisotopic (exact) mass is 347 g/mol. The van der Waals surface area contributed by atoms with Crippen LogP contribution in [0.1, 0.15) is 5.56 Å². The maximum atomic E-state index is 12.9. The standard InChI is InChI=1S/C12H6F2N2.C5H3ClFN/c13-9-4-5-10(8(6-9)7-15)11-2-1-3-12(14)16-11;6-4-2-1-3-5(7)8-4/h1-6H;1-3H. The highest BCUT2D eigenvalue weighted by Crippen LogP contribution is 2.22. The molecule has 3 aromatic rings. The van der Waals surface area contributed by atoms with Gasteiger partial charge >= 0.3 is 0 Å². The van der Waals surface area contributed by atoms with Gasteiger partial charge in [-0.2, -0.15) is 14.0 Å². The van der Waals surface area contributed by atoms with Gasteiger partial charge in [0.2, 0.25) is 11.9 Å². The molecule has 3 rings (SSSR count). The van der Waals surface area contributed by atoms with E-state index in [2.05, 4.69) is 9.97 Å². The van der Waals surface area contributed by atoms with E-state index in [9.17, 15) is 13.2 Å². The Morgan fingerprint density at radius 3 is 2.08 bits per heavy atom. The van der Waals surface area contributed by atoms with Crippen LogP contribution in [0.25, 0.3) is 11.3 Å². The number of aromatic nitrogens is 2. The van der Waals surface area contributed by atoms with Crippen molar-refractivity contribution in [2.24, 2.45) is 0 Å². The zero-order valence-electron chi connectivity index (χ0n) is 12.0. The molecule has 0 spiro atoms. The van der Waals surface area contributed by atoms with E-state index in [0.29, 0.717) is 11.3 Å². The lowest BCUT2D eigenvalue weighted by molar-refractivity contribution is 0.584. The van der Waals surface area contributed by atoms with E-state index in [-0.39, 0.29) is 10.7 Å². The van der Waals surface area contributed by atoms with Crippen LogP contribution in [-0.4, -0.2) is 9.97 Å². The van der Waals surface area contributed by atoms with Crippen LogP contribution in [0, 0.1) is 29.0 Å². The molecule has 120 valence electrons. The van der Waals surface area contributed by atoms with Crippen molar-refractivity contribution < 1.29 is 13.2 Å². The van der Waals surface area contributed by atoms with Gasteiger partial charge in [0.15, 0.2) is 0 Å². The minimum absolute atomic E-state index is 0.137. The predicted molar refractivity (Wildman–Crippen MR) is 83.5 cm³/mol. The highest BCUT2D eigenvalue weighted by molar-refractivity contribution is 6.29. The number of benzene rings is 1. The molecule has 0 aliphatic carbocycles. The van der Waals surface area contributed by atoms with Crippen LogP contribution in [0.2, 0.25) is 5.15 Å². The lowest BCUT2D eigenvalue weighted by Crippen LogP contribution is -1.91. The minimum Gasteiger partial charge on any atom is -0.220 e. The number of hydrogen-bond donors (Lipinski definition) is 0. The summed E-state index contributed by atoms with van der Waals surface area (Å²) in [5.74, 6) is -1.68. The quantitative estimate of drug-likeness (QED) is 0.596. The van der Waals surface area contributed by atoms with Crippen LogP contribution in [0.5, 0.6) is 0 Å². The molecule has 1 aromatic carbocycles. The van der Waals surface area contributed by atoms with Crippen LogP contribution in [0.3, 0.4) is 0 Å². The summed E-state index contributed by atoms with van der Waals surface area (Å²) < 4.78 is 37.8. The second-order valence-corrected chi connectivity index (χ2v) is 4.82. The SMILES string of the molecule is Fc1cccc(Cl)n1.N#Cc1cc(F)ccc1-c1cccc(F)n1. The van der Waals surface area contributed by atoms with Gasteiger partial charge < -0.3 is 0 Å². The molecule has 0 radical (unpaired) electrons. The van der Waals surface area contributed by atoms with E-state index < -0.39 is 17.7 Å². The normalized spacial score (nSPS) is 9.62. The second-order valence-electron chi connectivity index (χ2n) is 4.43. The number of pyridine rings is 2. The summed E-state index contributed by atoms with van der Waals surface area (Å²) >= 11 is 5.29. The van der Waals surface area contributed by atoms with Crippen LogP contribution in [0.4, 0.5) is 13.2 Å². The van der Waals surface area contributed by atoms with Gasteiger partial charge in [0.1, 0.15) is 11.0 Å². The lowest BCUT2D eigenvalue weighted by Gasteiger charge is -2.03. The second kappa shape index (κ2) is 8.09. The molecule has 24 heavy (non-hydrogen) atoms. The topological polar surface area (TPSA) is 49.6 Å². The van der Waals surface area contributed by atoms with Gasteiger partial charge in [-0.1, -0.05) is 23.7 Å². The molecule has 0 unspecified atom stereocenters. The van der Waals surface area contributed by atoms with E-state index in [0.717, 1.165) is 6.07 Å². The average molecular weight is 348 g/mol. The van der Waals surface area contributed by atoms with E-state index in [1.807, 2.05) is 6.07 Å². The van der Waals surface area contributed by atoms with Gasteiger partial charge in [0.05, 0.1) is 17.3 Å². The fraction of sp³-hybridized carbons (Fsp3) is 0. The first-order valence-corrected chi connectivity index (χ1v) is 6.98. The number of nitriles is 1. The van der Waals surface area contributed by atoms with E-state index in [1.165, 1.54) is 42.5 Å². The highest BCUT2D eigenvalue weighted by Gasteiger charge is 2.07. The molecule has 0 amide bonds. The first-order chi connectivity index (χ1) is 11.5. The fourth-order valence-electron chi connectivity index (χ4n) is 1.77. The van der Waals surface area contributed by atoms with E-state index in [4.69, 9.17) is 16.9 Å². The third kappa shape index (κ3) is 4.80. The minimum atomic E-state index is -0.634. The summed E-state index contributed by atoms with van der Waals surface area (Å²) in [5.41, 5.74) is 0.873. The van der Waals surface area contributed by atoms with Crippen molar-refractivity contribution in [2.75, 3.05) is 0 Å². The van der Waals surface area contributed by atoms with E-state index >= 15 is 0 Å². The molecule has 3 nitrogen and oxygen atoms in total. The number of halogens is 4. The Morgan fingerprint density at radius 1 is 0.875 bits per heavy atom. The number of rotatable bonds is 1. The van der Waals surface area contributed by atoms with Crippen molar-refractivity contribution in [1.82, 2.24) is 9.97 Å². The molecule has 0 N–H and O–H groups in total. The van der Waals surface area contributed by atoms with Crippen LogP contribution in [0.15, 0.2) is 54.6 Å². The molecule has 0 aliphatic rings. The molecule has 0 aliphatic heterocycles. The molecular weight excluding hydrogens is 339 g/mol. The van der Waals surface area contributed by atoms with Crippen LogP contribution >= 0.6 is 11.6 Å². The zero-order valence-corrected chi connectivity index (χ0v) is 12.8. The molecule has 0 saturated heterocycles. The maximum absolute atomic E-state index is 12.9. The number of hydrogen-bond acceptors (Lipinski definition) is 3. The van der Waals surface area contributed by atoms with Crippen molar-refractivity contribution in [1.29, 1.82) is 5.26 Å². The predicted octanol–water partition coefficient (Wildman–Crippen LogP) is 4.77. The first kappa shape index (κ1) is 17.4. The molecule has 2 heterocycles. The number of nitrogens with zero attached hydrogens (tertiary/aromatic N) is 3. The van der Waals surface area contributed by atoms with Crippen molar-refractivity contribution in [3.63, 3.8) is 0 Å². The molecular formula is C17H9ClF3N3. The van der Waals surface area contributed by atoms with Gasteiger partial charge in [0, 0.05) is 5.56 Å². The van der Waals surface area contributed by atoms with Crippen LogP contribution < -0.4 is 0 Å². The molecule has 0 atom stereocenters. The Kier molecular flexibility index (Phi) is 5.88. The lowest BCUT2D eigenvalue weighted by atomic mass is 10.0. The average Bonchev–Trinajstić information content (AvgIpc) is 2.55. The summed E-state index contributed by atoms with van der Waals surface area (Å²) in [4.78, 5) is 6.91. The summed E-state index contributed by atoms with van der Waals surface area (Å²) in [6, 6.07) is 14.1. The highest BCUT2D eigenvalue weighted by atomic mass is 35.5. The first-order valence-electron chi connectivity index (χ1n) is 6.60. The van der Waals surface area contributed by atoms with Crippen molar-refractivity contribution in [3.8, 4) is 17.3 Å². The van der Waals surface area contributed by atoms with Crippen molar-refractivity contribution in [3.05, 3.63) is 83.0 Å². The Hall–Kier alpha value is -2.91. The Labute approximate surface area is 141 Å². The van der Waals surface area contributed by atoms with Gasteiger partial charge in [0.25, 0.3) is 0 Å².